The molecule has 1 saturated heterocycles. The highest BCUT2D eigenvalue weighted by atomic mass is 35.5. The number of halogens is 1. The number of ether oxygens (including phenoxy) is 2. The topological polar surface area (TPSA) is 89.5 Å². The summed E-state index contributed by atoms with van der Waals surface area (Å²) in [5.41, 5.74) is 0.983. The molecule has 0 aromatic carbocycles. The lowest BCUT2D eigenvalue weighted by Crippen LogP contribution is -2.37. The van der Waals surface area contributed by atoms with Gasteiger partial charge in [-0.15, -0.1) is 0 Å². The molecule has 3 heterocycles. The third-order valence-electron chi connectivity index (χ3n) is 5.11. The summed E-state index contributed by atoms with van der Waals surface area (Å²) >= 11 is 6.19. The second-order valence-electron chi connectivity index (χ2n) is 7.14. The van der Waals surface area contributed by atoms with E-state index in [1.165, 1.54) is 19.0 Å². The van der Waals surface area contributed by atoms with Crippen molar-refractivity contribution in [2.75, 3.05) is 31.2 Å². The summed E-state index contributed by atoms with van der Waals surface area (Å²) in [6.07, 6.45) is 7.82. The molecule has 4 rings (SSSR count). The Morgan fingerprint density at radius 2 is 2.07 bits per heavy atom. The molecule has 0 bridgehead atoms. The van der Waals surface area contributed by atoms with Gasteiger partial charge in [-0.2, -0.15) is 0 Å². The fourth-order valence-electron chi connectivity index (χ4n) is 3.52. The fraction of sp³-hybridized carbons (Fsp3) is 0.500. The van der Waals surface area contributed by atoms with Crippen molar-refractivity contribution in [1.82, 2.24) is 20.3 Å². The second kappa shape index (κ2) is 9.37. The molecule has 1 N–H and O–H groups in total. The molecule has 154 valence electrons. The molecule has 0 unspecified atom stereocenters. The summed E-state index contributed by atoms with van der Waals surface area (Å²) in [6, 6.07) is 3.73. The standard InChI is InChI=1S/C20H24ClN5O3/c21-16-13-24-20(26-8-10-28-11-9-26)25-17(16)18(27)23-12-14-4-3-7-22-19(14)29-15-5-1-2-6-15/h3-4,7,13,15H,1-2,5-6,8-12H2,(H,23,27). The normalized spacial score (nSPS) is 17.3. The Morgan fingerprint density at radius 1 is 1.28 bits per heavy atom. The van der Waals surface area contributed by atoms with Gasteiger partial charge in [0.25, 0.3) is 5.91 Å². The van der Waals surface area contributed by atoms with Crippen LogP contribution in [0.4, 0.5) is 5.95 Å². The van der Waals surface area contributed by atoms with Crippen molar-refractivity contribution in [3.05, 3.63) is 40.8 Å². The van der Waals surface area contributed by atoms with Crippen molar-refractivity contribution in [2.24, 2.45) is 0 Å². The number of nitrogens with one attached hydrogen (secondary N) is 1. The van der Waals surface area contributed by atoms with E-state index in [2.05, 4.69) is 20.3 Å². The number of hydrogen-bond acceptors (Lipinski definition) is 7. The van der Waals surface area contributed by atoms with Crippen LogP contribution in [0.25, 0.3) is 0 Å². The van der Waals surface area contributed by atoms with Crippen molar-refractivity contribution >= 4 is 23.5 Å². The van der Waals surface area contributed by atoms with E-state index in [9.17, 15) is 4.79 Å². The summed E-state index contributed by atoms with van der Waals surface area (Å²) in [4.78, 5) is 27.7. The smallest absolute Gasteiger partial charge is 0.271 e. The first-order chi connectivity index (χ1) is 14.2. The van der Waals surface area contributed by atoms with Gasteiger partial charge in [0, 0.05) is 31.4 Å². The predicted molar refractivity (Wildman–Crippen MR) is 108 cm³/mol. The van der Waals surface area contributed by atoms with Crippen LogP contribution in [0.1, 0.15) is 41.7 Å². The summed E-state index contributed by atoms with van der Waals surface area (Å²) in [5.74, 6) is 0.694. The van der Waals surface area contributed by atoms with Crippen molar-refractivity contribution in [1.29, 1.82) is 0 Å². The minimum Gasteiger partial charge on any atom is -0.474 e. The monoisotopic (exact) mass is 417 g/mol. The Kier molecular flexibility index (Phi) is 6.41. The molecule has 29 heavy (non-hydrogen) atoms. The van der Waals surface area contributed by atoms with Crippen LogP contribution in [0.15, 0.2) is 24.5 Å². The quantitative estimate of drug-likeness (QED) is 0.772. The van der Waals surface area contributed by atoms with E-state index in [1.54, 1.807) is 6.20 Å². The van der Waals surface area contributed by atoms with Gasteiger partial charge in [0.05, 0.1) is 24.4 Å². The van der Waals surface area contributed by atoms with Gasteiger partial charge in [0.1, 0.15) is 6.10 Å². The number of carbonyl (C=O) groups is 1. The van der Waals surface area contributed by atoms with E-state index in [0.29, 0.717) is 38.1 Å². The molecule has 0 spiro atoms. The number of pyridine rings is 1. The molecule has 2 aromatic rings. The molecule has 1 saturated carbocycles. The minimum absolute atomic E-state index is 0.158. The Balaban J connectivity index is 1.43. The van der Waals surface area contributed by atoms with Gasteiger partial charge < -0.3 is 19.7 Å². The lowest BCUT2D eigenvalue weighted by Gasteiger charge is -2.26. The first kappa shape index (κ1) is 19.8. The van der Waals surface area contributed by atoms with Gasteiger partial charge >= 0.3 is 0 Å². The molecule has 2 fully saturated rings. The third kappa shape index (κ3) is 4.94. The zero-order valence-electron chi connectivity index (χ0n) is 16.1. The number of nitrogens with zero attached hydrogens (tertiary/aromatic N) is 4. The highest BCUT2D eigenvalue weighted by Gasteiger charge is 2.21. The highest BCUT2D eigenvalue weighted by molar-refractivity contribution is 6.33. The van der Waals surface area contributed by atoms with E-state index in [0.717, 1.165) is 18.4 Å². The average Bonchev–Trinajstić information content (AvgIpc) is 3.27. The Morgan fingerprint density at radius 3 is 2.86 bits per heavy atom. The molecule has 1 amide bonds. The molecule has 0 atom stereocenters. The van der Waals surface area contributed by atoms with Crippen molar-refractivity contribution in [2.45, 2.75) is 38.3 Å². The maximum Gasteiger partial charge on any atom is 0.271 e. The number of carbonyl (C=O) groups excluding carboxylic acids is 1. The van der Waals surface area contributed by atoms with Gasteiger partial charge in [-0.3, -0.25) is 4.79 Å². The zero-order chi connectivity index (χ0) is 20.1. The highest BCUT2D eigenvalue weighted by Crippen LogP contribution is 2.25. The molecule has 2 aromatic heterocycles. The Hall–Kier alpha value is -2.45. The van der Waals surface area contributed by atoms with Crippen LogP contribution >= 0.6 is 11.6 Å². The van der Waals surface area contributed by atoms with Crippen molar-refractivity contribution < 1.29 is 14.3 Å². The van der Waals surface area contributed by atoms with Crippen LogP contribution in [0.2, 0.25) is 5.02 Å². The summed E-state index contributed by atoms with van der Waals surface area (Å²) in [5, 5.41) is 3.09. The number of rotatable bonds is 6. The number of morpholine rings is 1. The summed E-state index contributed by atoms with van der Waals surface area (Å²) in [6.45, 7) is 2.86. The number of anilines is 1. The molecule has 1 aliphatic heterocycles. The first-order valence-electron chi connectivity index (χ1n) is 9.94. The van der Waals surface area contributed by atoms with Crippen LogP contribution in [0.5, 0.6) is 5.88 Å². The number of aromatic nitrogens is 3. The van der Waals surface area contributed by atoms with Crippen molar-refractivity contribution in [3.8, 4) is 5.88 Å². The Bertz CT molecular complexity index is 854. The second-order valence-corrected chi connectivity index (χ2v) is 7.55. The van der Waals surface area contributed by atoms with E-state index < -0.39 is 0 Å². The molecule has 1 aliphatic carbocycles. The molecular formula is C20H24ClN5O3. The molecule has 8 nitrogen and oxygen atoms in total. The Labute approximate surface area is 174 Å². The van der Waals surface area contributed by atoms with Gasteiger partial charge in [-0.05, 0) is 31.7 Å². The molecular weight excluding hydrogens is 394 g/mol. The van der Waals surface area contributed by atoms with Crippen LogP contribution in [-0.4, -0.2) is 53.3 Å². The van der Waals surface area contributed by atoms with Crippen LogP contribution < -0.4 is 15.0 Å². The van der Waals surface area contributed by atoms with E-state index in [1.807, 2.05) is 17.0 Å². The summed E-state index contributed by atoms with van der Waals surface area (Å²) in [7, 11) is 0. The lowest BCUT2D eigenvalue weighted by molar-refractivity contribution is 0.0945. The number of amides is 1. The predicted octanol–water partition coefficient (Wildman–Crippen LogP) is 2.61. The third-order valence-corrected chi connectivity index (χ3v) is 5.39. The minimum atomic E-state index is -0.359. The van der Waals surface area contributed by atoms with Gasteiger partial charge in [-0.1, -0.05) is 17.7 Å². The molecule has 9 heteroatoms. The van der Waals surface area contributed by atoms with Gasteiger partial charge in [0.2, 0.25) is 11.8 Å². The van der Waals surface area contributed by atoms with Crippen molar-refractivity contribution in [3.63, 3.8) is 0 Å². The van der Waals surface area contributed by atoms with E-state index >= 15 is 0 Å². The van der Waals surface area contributed by atoms with Crippen LogP contribution in [0, 0.1) is 0 Å². The zero-order valence-corrected chi connectivity index (χ0v) is 16.9. The van der Waals surface area contributed by atoms with Gasteiger partial charge in [0.15, 0.2) is 5.69 Å². The fourth-order valence-corrected chi connectivity index (χ4v) is 3.70. The average molecular weight is 418 g/mol. The van der Waals surface area contributed by atoms with Crippen LogP contribution in [0.3, 0.4) is 0 Å². The maximum absolute atomic E-state index is 12.7. The maximum atomic E-state index is 12.7. The van der Waals surface area contributed by atoms with E-state index in [-0.39, 0.29) is 29.3 Å². The van der Waals surface area contributed by atoms with E-state index in [4.69, 9.17) is 21.1 Å². The SMILES string of the molecule is O=C(NCc1cccnc1OC1CCCC1)c1nc(N2CCOCC2)ncc1Cl. The van der Waals surface area contributed by atoms with Crippen LogP contribution in [-0.2, 0) is 11.3 Å². The number of hydrogen-bond donors (Lipinski definition) is 1. The largest absolute Gasteiger partial charge is 0.474 e. The first-order valence-corrected chi connectivity index (χ1v) is 10.3. The summed E-state index contributed by atoms with van der Waals surface area (Å²) < 4.78 is 11.4. The molecule has 2 aliphatic rings. The van der Waals surface area contributed by atoms with Gasteiger partial charge in [-0.25, -0.2) is 15.0 Å². The molecule has 0 radical (unpaired) electrons. The lowest BCUT2D eigenvalue weighted by atomic mass is 10.2.